The van der Waals surface area contributed by atoms with Gasteiger partial charge in [-0.15, -0.1) is 0 Å². The average Bonchev–Trinajstić information content (AvgIpc) is 2.99. The van der Waals surface area contributed by atoms with E-state index in [9.17, 15) is 14.7 Å². The van der Waals surface area contributed by atoms with Crippen molar-refractivity contribution in [3.63, 3.8) is 0 Å². The number of halogens is 1. The van der Waals surface area contributed by atoms with E-state index in [1.54, 1.807) is 43.6 Å². The van der Waals surface area contributed by atoms with E-state index in [0.717, 1.165) is 18.4 Å². The van der Waals surface area contributed by atoms with Crippen molar-refractivity contribution in [2.45, 2.75) is 31.3 Å². The highest BCUT2D eigenvalue weighted by Gasteiger charge is 2.28. The summed E-state index contributed by atoms with van der Waals surface area (Å²) in [5.74, 6) is 0.491. The first-order valence-electron chi connectivity index (χ1n) is 13.3. The van der Waals surface area contributed by atoms with Crippen LogP contribution in [0.4, 0.5) is 5.95 Å². The van der Waals surface area contributed by atoms with Crippen molar-refractivity contribution in [2.75, 3.05) is 45.3 Å². The minimum absolute atomic E-state index is 0.129. The molecule has 10 nitrogen and oxygen atoms in total. The highest BCUT2D eigenvalue weighted by molar-refractivity contribution is 6.33. The Morgan fingerprint density at radius 3 is 2.85 bits per heavy atom. The number of hydrogen-bond donors (Lipinski definition) is 3. The van der Waals surface area contributed by atoms with Crippen molar-refractivity contribution >= 4 is 29.4 Å². The minimum Gasteiger partial charge on any atom is -0.497 e. The van der Waals surface area contributed by atoms with Crippen LogP contribution in [0.3, 0.4) is 0 Å². The fourth-order valence-electron chi connectivity index (χ4n) is 4.99. The number of carbonyl (C=O) groups excluding carboxylic acids is 2. The summed E-state index contributed by atoms with van der Waals surface area (Å²) < 4.78 is 10.7. The van der Waals surface area contributed by atoms with E-state index in [1.165, 1.54) is 4.90 Å². The summed E-state index contributed by atoms with van der Waals surface area (Å²) in [4.78, 5) is 36.8. The van der Waals surface area contributed by atoms with Crippen LogP contribution in [0.15, 0.2) is 48.7 Å². The molecular weight excluding hydrogens is 534 g/mol. The number of fused-ring (bicyclic) bond motifs is 1. The van der Waals surface area contributed by atoms with Gasteiger partial charge in [-0.05, 0) is 48.6 Å². The van der Waals surface area contributed by atoms with Crippen LogP contribution in [-0.2, 0) is 16.0 Å². The van der Waals surface area contributed by atoms with Crippen molar-refractivity contribution in [2.24, 2.45) is 0 Å². The van der Waals surface area contributed by atoms with Gasteiger partial charge in [-0.25, -0.2) is 9.97 Å². The third-order valence-corrected chi connectivity index (χ3v) is 7.48. The predicted octanol–water partition coefficient (Wildman–Crippen LogP) is 3.24. The van der Waals surface area contributed by atoms with E-state index < -0.39 is 6.04 Å². The molecule has 2 aliphatic heterocycles. The number of rotatable bonds is 9. The number of aliphatic hydroxyl groups excluding tert-OH is 1. The van der Waals surface area contributed by atoms with Gasteiger partial charge >= 0.3 is 0 Å². The van der Waals surface area contributed by atoms with E-state index in [-0.39, 0.29) is 31.0 Å². The Bertz CT molecular complexity index is 1380. The van der Waals surface area contributed by atoms with E-state index in [0.29, 0.717) is 65.3 Å². The zero-order chi connectivity index (χ0) is 28.1. The monoisotopic (exact) mass is 565 g/mol. The normalized spacial score (nSPS) is 16.3. The second-order valence-corrected chi connectivity index (χ2v) is 10.3. The summed E-state index contributed by atoms with van der Waals surface area (Å²) in [5, 5.41) is 16.4. The van der Waals surface area contributed by atoms with Gasteiger partial charge in [0.25, 0.3) is 5.91 Å². The maximum atomic E-state index is 13.4. The molecule has 0 spiro atoms. The largest absolute Gasteiger partial charge is 0.497 e. The molecule has 3 N–H and O–H groups in total. The number of hydrogen-bond acceptors (Lipinski definition) is 8. The van der Waals surface area contributed by atoms with Gasteiger partial charge in [0.2, 0.25) is 11.9 Å². The summed E-state index contributed by atoms with van der Waals surface area (Å²) in [5.41, 5.74) is 3.35. The van der Waals surface area contributed by atoms with Crippen LogP contribution in [0.5, 0.6) is 5.75 Å². The van der Waals surface area contributed by atoms with Gasteiger partial charge in [0.05, 0.1) is 43.2 Å². The number of methoxy groups -OCH3 is 1. The molecule has 1 unspecified atom stereocenters. The Kier molecular flexibility index (Phi) is 8.78. The molecule has 0 radical (unpaired) electrons. The fraction of sp³-hybridized carbons (Fsp3) is 0.379. The second kappa shape index (κ2) is 12.6. The number of nitrogens with zero attached hydrogens (tertiary/aromatic N) is 3. The van der Waals surface area contributed by atoms with E-state index in [4.69, 9.17) is 21.1 Å². The summed E-state index contributed by atoms with van der Waals surface area (Å²) >= 11 is 6.47. The Hall–Kier alpha value is -3.73. The average molecular weight is 566 g/mol. The summed E-state index contributed by atoms with van der Waals surface area (Å²) in [6, 6.07) is 12.3. The van der Waals surface area contributed by atoms with E-state index >= 15 is 0 Å². The van der Waals surface area contributed by atoms with Gasteiger partial charge in [-0.3, -0.25) is 9.59 Å². The maximum Gasteiger partial charge on any atom is 0.254 e. The molecule has 1 fully saturated rings. The van der Waals surface area contributed by atoms with Crippen molar-refractivity contribution < 1.29 is 24.2 Å². The molecular formula is C29H32ClN5O5. The van der Waals surface area contributed by atoms with Crippen molar-refractivity contribution in [3.8, 4) is 17.0 Å². The lowest BCUT2D eigenvalue weighted by Gasteiger charge is -2.29. The standard InChI is InChI=1S/C29H32ClN5O5/c1-39-22-4-2-3-19(13-22)25(17-36)33-26(37)16-35-10-7-18-5-6-20(14-23(18)28(35)38)27-24(30)15-31-29(34-27)32-21-8-11-40-12-9-21/h2-6,13-15,21,25,36H,7-12,16-17H2,1H3,(H,33,37)(H,31,32,34). The van der Waals surface area contributed by atoms with Crippen LogP contribution in [0.1, 0.15) is 40.4 Å². The summed E-state index contributed by atoms with van der Waals surface area (Å²) in [6.45, 7) is 1.39. The molecule has 2 amide bonds. The zero-order valence-electron chi connectivity index (χ0n) is 22.2. The zero-order valence-corrected chi connectivity index (χ0v) is 23.0. The molecule has 2 aromatic carbocycles. The molecule has 3 aromatic rings. The van der Waals surface area contributed by atoms with Gasteiger partial charge in [-0.1, -0.05) is 35.9 Å². The quantitative estimate of drug-likeness (QED) is 0.361. The number of amides is 2. The van der Waals surface area contributed by atoms with Gasteiger partial charge < -0.3 is 30.1 Å². The fourth-order valence-corrected chi connectivity index (χ4v) is 5.19. The number of carbonyl (C=O) groups is 2. The van der Waals surface area contributed by atoms with Crippen LogP contribution >= 0.6 is 11.6 Å². The van der Waals surface area contributed by atoms with Gasteiger partial charge in [0, 0.05) is 36.9 Å². The lowest BCUT2D eigenvalue weighted by molar-refractivity contribution is -0.122. The smallest absolute Gasteiger partial charge is 0.254 e. The number of anilines is 1. The van der Waals surface area contributed by atoms with Crippen molar-refractivity contribution in [1.82, 2.24) is 20.2 Å². The molecule has 0 aliphatic carbocycles. The van der Waals surface area contributed by atoms with E-state index in [1.807, 2.05) is 12.1 Å². The SMILES string of the molecule is COc1cccc(C(CO)NC(=O)CN2CCc3ccc(-c4nc(NC5CCOCC5)ncc4Cl)cc3C2=O)c1. The first kappa shape index (κ1) is 27.8. The summed E-state index contributed by atoms with van der Waals surface area (Å²) in [7, 11) is 1.55. The topological polar surface area (TPSA) is 126 Å². The molecule has 11 heteroatoms. The predicted molar refractivity (Wildman–Crippen MR) is 151 cm³/mol. The number of nitrogens with one attached hydrogen (secondary N) is 2. The lowest BCUT2D eigenvalue weighted by atomic mass is 9.95. The van der Waals surface area contributed by atoms with Crippen LogP contribution < -0.4 is 15.4 Å². The summed E-state index contributed by atoms with van der Waals surface area (Å²) in [6.07, 6.45) is 3.92. The number of aliphatic hydroxyl groups is 1. The molecule has 0 bridgehead atoms. The third kappa shape index (κ3) is 6.35. The van der Waals surface area contributed by atoms with Crippen LogP contribution in [-0.4, -0.2) is 77.9 Å². The number of aromatic nitrogens is 2. The van der Waals surface area contributed by atoms with Gasteiger partial charge in [0.1, 0.15) is 5.75 Å². The second-order valence-electron chi connectivity index (χ2n) is 9.85. The molecule has 1 atom stereocenters. The first-order valence-corrected chi connectivity index (χ1v) is 13.7. The van der Waals surface area contributed by atoms with Crippen LogP contribution in [0, 0.1) is 0 Å². The molecule has 0 saturated carbocycles. The highest BCUT2D eigenvalue weighted by atomic mass is 35.5. The molecule has 40 heavy (non-hydrogen) atoms. The van der Waals surface area contributed by atoms with Crippen molar-refractivity contribution in [1.29, 1.82) is 0 Å². The molecule has 3 heterocycles. The molecule has 5 rings (SSSR count). The number of ether oxygens (including phenoxy) is 2. The van der Waals surface area contributed by atoms with Gasteiger partial charge in [-0.2, -0.15) is 0 Å². The Labute approximate surface area is 237 Å². The van der Waals surface area contributed by atoms with Crippen LogP contribution in [0.2, 0.25) is 5.02 Å². The van der Waals surface area contributed by atoms with Gasteiger partial charge in [0.15, 0.2) is 0 Å². The number of benzene rings is 2. The minimum atomic E-state index is -0.620. The van der Waals surface area contributed by atoms with E-state index in [2.05, 4.69) is 20.6 Å². The molecule has 2 aliphatic rings. The lowest BCUT2D eigenvalue weighted by Crippen LogP contribution is -2.45. The van der Waals surface area contributed by atoms with Crippen molar-refractivity contribution in [3.05, 3.63) is 70.4 Å². The molecule has 210 valence electrons. The molecule has 1 saturated heterocycles. The maximum absolute atomic E-state index is 13.4. The Morgan fingerprint density at radius 1 is 1.25 bits per heavy atom. The highest BCUT2D eigenvalue weighted by Crippen LogP contribution is 2.30. The molecule has 1 aromatic heterocycles. The third-order valence-electron chi connectivity index (χ3n) is 7.20. The first-order chi connectivity index (χ1) is 19.4. The Morgan fingerprint density at radius 2 is 2.08 bits per heavy atom. The van der Waals surface area contributed by atoms with Crippen LogP contribution in [0.25, 0.3) is 11.3 Å². The Balaban J connectivity index is 1.29.